The van der Waals surface area contributed by atoms with Crippen molar-refractivity contribution in [3.05, 3.63) is 0 Å². The largest absolute Gasteiger partial charge is 0.354 e. The van der Waals surface area contributed by atoms with Gasteiger partial charge in [-0.15, -0.1) is 0 Å². The second kappa shape index (κ2) is 5.85. The van der Waals surface area contributed by atoms with E-state index in [-0.39, 0.29) is 11.9 Å². The number of hydrogen-bond donors (Lipinski definition) is 2. The molecule has 2 rings (SSSR count). The molecule has 0 aromatic heterocycles. The molecule has 1 saturated heterocycles. The number of carbonyl (C=O) groups is 1. The summed E-state index contributed by atoms with van der Waals surface area (Å²) < 4.78 is 0. The van der Waals surface area contributed by atoms with E-state index in [4.69, 9.17) is 0 Å². The maximum Gasteiger partial charge on any atom is 0.237 e. The van der Waals surface area contributed by atoms with Crippen LogP contribution in [0, 0.1) is 17.8 Å². The lowest BCUT2D eigenvalue weighted by molar-refractivity contribution is -0.123. The van der Waals surface area contributed by atoms with Gasteiger partial charge in [0.2, 0.25) is 5.91 Å². The summed E-state index contributed by atoms with van der Waals surface area (Å²) in [4.78, 5) is 12.0. The van der Waals surface area contributed by atoms with Crippen molar-refractivity contribution in [3.8, 4) is 0 Å². The zero-order valence-corrected chi connectivity index (χ0v) is 11.2. The topological polar surface area (TPSA) is 41.1 Å². The number of hydrogen-bond acceptors (Lipinski definition) is 2. The molecule has 2 aliphatic rings. The van der Waals surface area contributed by atoms with Gasteiger partial charge in [0.25, 0.3) is 0 Å². The van der Waals surface area contributed by atoms with Crippen LogP contribution in [0.3, 0.4) is 0 Å². The Hall–Kier alpha value is -0.570. The van der Waals surface area contributed by atoms with E-state index in [2.05, 4.69) is 24.5 Å². The molecular weight excluding hydrogens is 212 g/mol. The summed E-state index contributed by atoms with van der Waals surface area (Å²) in [7, 11) is 0. The molecule has 0 bridgehead atoms. The van der Waals surface area contributed by atoms with Gasteiger partial charge in [0.15, 0.2) is 0 Å². The first kappa shape index (κ1) is 12.9. The summed E-state index contributed by atoms with van der Waals surface area (Å²) in [6.45, 7) is 6.35. The molecule has 0 spiro atoms. The van der Waals surface area contributed by atoms with E-state index in [0.717, 1.165) is 25.4 Å². The van der Waals surface area contributed by atoms with E-state index in [9.17, 15) is 4.79 Å². The van der Waals surface area contributed by atoms with Crippen molar-refractivity contribution in [2.24, 2.45) is 17.8 Å². The Morgan fingerprint density at radius 2 is 1.94 bits per heavy atom. The van der Waals surface area contributed by atoms with Gasteiger partial charge in [-0.3, -0.25) is 4.79 Å². The van der Waals surface area contributed by atoms with Crippen LogP contribution in [0.25, 0.3) is 0 Å². The molecule has 0 aromatic rings. The maximum absolute atomic E-state index is 12.0. The third-order valence-electron chi connectivity index (χ3n) is 4.64. The van der Waals surface area contributed by atoms with Crippen LogP contribution in [-0.4, -0.2) is 25.0 Å². The number of carbonyl (C=O) groups excluding carboxylic acids is 1. The highest BCUT2D eigenvalue weighted by Gasteiger charge is 2.30. The van der Waals surface area contributed by atoms with Crippen LogP contribution < -0.4 is 10.6 Å². The molecule has 3 heteroatoms. The Morgan fingerprint density at radius 3 is 2.59 bits per heavy atom. The van der Waals surface area contributed by atoms with E-state index >= 15 is 0 Å². The summed E-state index contributed by atoms with van der Waals surface area (Å²) in [5.41, 5.74) is 0. The van der Waals surface area contributed by atoms with Crippen molar-refractivity contribution in [1.29, 1.82) is 0 Å². The summed E-state index contributed by atoms with van der Waals surface area (Å²) in [5.74, 6) is 2.17. The third kappa shape index (κ3) is 3.21. The fourth-order valence-corrected chi connectivity index (χ4v) is 3.22. The highest BCUT2D eigenvalue weighted by molar-refractivity contribution is 5.82. The Labute approximate surface area is 105 Å². The van der Waals surface area contributed by atoms with Crippen LogP contribution in [0.4, 0.5) is 0 Å². The van der Waals surface area contributed by atoms with Crippen LogP contribution in [-0.2, 0) is 4.79 Å². The van der Waals surface area contributed by atoms with Gasteiger partial charge in [0, 0.05) is 6.54 Å². The van der Waals surface area contributed by atoms with Crippen molar-refractivity contribution >= 4 is 5.91 Å². The number of nitrogens with one attached hydrogen (secondary N) is 2. The molecule has 4 atom stereocenters. The lowest BCUT2D eigenvalue weighted by atomic mass is 9.80. The number of rotatable bonds is 3. The predicted octanol–water partition coefficient (Wildman–Crippen LogP) is 1.93. The smallest absolute Gasteiger partial charge is 0.237 e. The first-order valence-corrected chi connectivity index (χ1v) is 7.19. The third-order valence-corrected chi connectivity index (χ3v) is 4.64. The van der Waals surface area contributed by atoms with Crippen molar-refractivity contribution in [2.45, 2.75) is 52.0 Å². The molecule has 2 N–H and O–H groups in total. The molecule has 0 radical (unpaired) electrons. The van der Waals surface area contributed by atoms with E-state index in [1.54, 1.807) is 0 Å². The first-order chi connectivity index (χ1) is 8.18. The molecule has 1 saturated carbocycles. The Balaban J connectivity index is 1.75. The highest BCUT2D eigenvalue weighted by Crippen LogP contribution is 2.28. The summed E-state index contributed by atoms with van der Waals surface area (Å²) >= 11 is 0. The lowest BCUT2D eigenvalue weighted by Gasteiger charge is -2.29. The van der Waals surface area contributed by atoms with E-state index < -0.39 is 0 Å². The minimum absolute atomic E-state index is 0.0499. The molecule has 0 aromatic carbocycles. The molecule has 1 amide bonds. The molecular formula is C14H26N2O. The van der Waals surface area contributed by atoms with E-state index in [1.165, 1.54) is 25.7 Å². The van der Waals surface area contributed by atoms with Gasteiger partial charge in [0.05, 0.1) is 6.04 Å². The molecule has 4 unspecified atom stereocenters. The van der Waals surface area contributed by atoms with E-state index in [0.29, 0.717) is 11.8 Å². The predicted molar refractivity (Wildman–Crippen MR) is 69.7 cm³/mol. The lowest BCUT2D eigenvalue weighted by Crippen LogP contribution is -2.45. The summed E-state index contributed by atoms with van der Waals surface area (Å²) in [6, 6.07) is 0.0499. The minimum Gasteiger partial charge on any atom is -0.354 e. The van der Waals surface area contributed by atoms with Crippen LogP contribution in [0.2, 0.25) is 0 Å². The quantitative estimate of drug-likeness (QED) is 0.789. The standard InChI is InChI=1S/C14H26N2O/c1-10-5-3-4-6-12(10)9-16-14(17)13-11(2)7-8-15-13/h10-13,15H,3-9H2,1-2H3,(H,16,17). The fraction of sp³-hybridized carbons (Fsp3) is 0.929. The maximum atomic E-state index is 12.0. The SMILES string of the molecule is CC1CCCCC1CNC(=O)C1NCCC1C. The van der Waals surface area contributed by atoms with Gasteiger partial charge in [-0.2, -0.15) is 0 Å². The van der Waals surface area contributed by atoms with Crippen LogP contribution in [0.15, 0.2) is 0 Å². The number of amides is 1. The Bertz CT molecular complexity index is 267. The summed E-state index contributed by atoms with van der Waals surface area (Å²) in [6.07, 6.45) is 6.45. The average molecular weight is 238 g/mol. The van der Waals surface area contributed by atoms with Crippen molar-refractivity contribution in [3.63, 3.8) is 0 Å². The second-order valence-corrected chi connectivity index (χ2v) is 5.96. The minimum atomic E-state index is 0.0499. The molecule has 1 aliphatic heterocycles. The average Bonchev–Trinajstić information content (AvgIpc) is 2.74. The van der Waals surface area contributed by atoms with Gasteiger partial charge in [0.1, 0.15) is 0 Å². The van der Waals surface area contributed by atoms with Crippen molar-refractivity contribution in [1.82, 2.24) is 10.6 Å². The highest BCUT2D eigenvalue weighted by atomic mass is 16.2. The van der Waals surface area contributed by atoms with Crippen LogP contribution in [0.1, 0.15) is 46.0 Å². The molecule has 3 nitrogen and oxygen atoms in total. The van der Waals surface area contributed by atoms with Crippen molar-refractivity contribution < 1.29 is 4.79 Å². The Kier molecular flexibility index (Phi) is 4.43. The van der Waals surface area contributed by atoms with Gasteiger partial charge < -0.3 is 10.6 Å². The zero-order valence-electron chi connectivity index (χ0n) is 11.2. The molecule has 17 heavy (non-hydrogen) atoms. The summed E-state index contributed by atoms with van der Waals surface area (Å²) in [5, 5.41) is 6.45. The second-order valence-electron chi connectivity index (χ2n) is 5.96. The van der Waals surface area contributed by atoms with Crippen LogP contribution >= 0.6 is 0 Å². The zero-order chi connectivity index (χ0) is 12.3. The fourth-order valence-electron chi connectivity index (χ4n) is 3.22. The molecule has 1 aliphatic carbocycles. The Morgan fingerprint density at radius 1 is 1.18 bits per heavy atom. The van der Waals surface area contributed by atoms with E-state index in [1.807, 2.05) is 0 Å². The monoisotopic (exact) mass is 238 g/mol. The molecule has 1 heterocycles. The normalized spacial score (nSPS) is 38.0. The van der Waals surface area contributed by atoms with Gasteiger partial charge in [-0.25, -0.2) is 0 Å². The van der Waals surface area contributed by atoms with Gasteiger partial charge in [-0.1, -0.05) is 33.1 Å². The first-order valence-electron chi connectivity index (χ1n) is 7.19. The molecule has 98 valence electrons. The van der Waals surface area contributed by atoms with Gasteiger partial charge in [-0.05, 0) is 37.1 Å². The van der Waals surface area contributed by atoms with Crippen molar-refractivity contribution in [2.75, 3.05) is 13.1 Å². The van der Waals surface area contributed by atoms with Gasteiger partial charge >= 0.3 is 0 Å². The molecule has 2 fully saturated rings. The van der Waals surface area contributed by atoms with Crippen LogP contribution in [0.5, 0.6) is 0 Å².